The highest BCUT2D eigenvalue weighted by Gasteiger charge is 2.22. The van der Waals surface area contributed by atoms with Gasteiger partial charge < -0.3 is 9.73 Å². The predicted octanol–water partition coefficient (Wildman–Crippen LogP) is 0.721. The highest BCUT2D eigenvalue weighted by atomic mass is 16.3. The first-order valence-electron chi connectivity index (χ1n) is 5.01. The van der Waals surface area contributed by atoms with Crippen LogP contribution in [0.3, 0.4) is 0 Å². The summed E-state index contributed by atoms with van der Waals surface area (Å²) >= 11 is 0. The Morgan fingerprint density at radius 2 is 2.47 bits per heavy atom. The van der Waals surface area contributed by atoms with Gasteiger partial charge in [-0.25, -0.2) is 4.98 Å². The summed E-state index contributed by atoms with van der Waals surface area (Å²) in [5.74, 6) is 0.648. The summed E-state index contributed by atoms with van der Waals surface area (Å²) in [7, 11) is 1.93. The van der Waals surface area contributed by atoms with Gasteiger partial charge in [0.25, 0.3) is 0 Å². The normalized spacial score (nSPS) is 15.3. The summed E-state index contributed by atoms with van der Waals surface area (Å²) in [6.07, 6.45) is 4.22. The summed E-state index contributed by atoms with van der Waals surface area (Å²) in [6, 6.07) is 0. The number of fused-ring (bicyclic) bond motifs is 1. The number of aryl methyl sites for hydroxylation is 1. The summed E-state index contributed by atoms with van der Waals surface area (Å²) in [6.45, 7) is 1.84. The molecule has 1 aliphatic rings. The molecule has 0 radical (unpaired) electrons. The Hall–Kier alpha value is -1.62. The Bertz CT molecular complexity index is 472. The van der Waals surface area contributed by atoms with E-state index in [1.54, 1.807) is 12.5 Å². The first-order chi connectivity index (χ1) is 7.36. The van der Waals surface area contributed by atoms with Crippen LogP contribution < -0.4 is 5.32 Å². The van der Waals surface area contributed by atoms with Crippen LogP contribution in [0.4, 0.5) is 0 Å². The third kappa shape index (κ3) is 1.27. The molecule has 5 heteroatoms. The molecule has 78 valence electrons. The molecule has 0 amide bonds. The Morgan fingerprint density at radius 3 is 3.27 bits per heavy atom. The molecule has 3 heterocycles. The number of nitrogens with one attached hydrogen (secondary N) is 1. The van der Waals surface area contributed by atoms with Crippen molar-refractivity contribution in [1.29, 1.82) is 0 Å². The molecule has 0 unspecified atom stereocenters. The Morgan fingerprint density at radius 1 is 1.53 bits per heavy atom. The van der Waals surface area contributed by atoms with Gasteiger partial charge in [-0.2, -0.15) is 5.10 Å². The lowest BCUT2D eigenvalue weighted by atomic mass is 10.1. The number of hydrogen-bond acceptors (Lipinski definition) is 4. The highest BCUT2D eigenvalue weighted by Crippen LogP contribution is 2.26. The van der Waals surface area contributed by atoms with Crippen molar-refractivity contribution in [1.82, 2.24) is 20.1 Å². The molecule has 15 heavy (non-hydrogen) atoms. The fraction of sp³-hybridized carbons (Fsp3) is 0.400. The molecule has 0 atom stereocenters. The van der Waals surface area contributed by atoms with Crippen LogP contribution in [0.1, 0.15) is 11.3 Å². The van der Waals surface area contributed by atoms with Gasteiger partial charge in [0.05, 0.1) is 11.9 Å². The average Bonchev–Trinajstić information content (AvgIpc) is 2.82. The van der Waals surface area contributed by atoms with Crippen LogP contribution in [0.15, 0.2) is 16.9 Å². The van der Waals surface area contributed by atoms with Gasteiger partial charge in [0, 0.05) is 32.1 Å². The standard InChI is InChI=1S/C10H12N4O/c1-14-9(10-12-4-5-15-10)7-6-11-3-2-8(7)13-14/h4-5,11H,2-3,6H2,1H3. The zero-order valence-electron chi connectivity index (χ0n) is 8.53. The SMILES string of the molecule is Cn1nc2c(c1-c1ncco1)CNCC2. The molecule has 0 saturated heterocycles. The quantitative estimate of drug-likeness (QED) is 0.743. The molecule has 3 rings (SSSR count). The smallest absolute Gasteiger partial charge is 0.244 e. The van der Waals surface area contributed by atoms with E-state index in [9.17, 15) is 0 Å². The number of nitrogens with zero attached hydrogens (tertiary/aromatic N) is 3. The second-order valence-corrected chi connectivity index (χ2v) is 3.66. The maximum absolute atomic E-state index is 5.33. The summed E-state index contributed by atoms with van der Waals surface area (Å²) in [5.41, 5.74) is 3.36. The zero-order chi connectivity index (χ0) is 10.3. The number of aromatic nitrogens is 3. The maximum Gasteiger partial charge on any atom is 0.244 e. The second kappa shape index (κ2) is 3.20. The molecule has 0 bridgehead atoms. The van der Waals surface area contributed by atoms with E-state index in [0.717, 1.165) is 30.9 Å². The molecule has 0 fully saturated rings. The van der Waals surface area contributed by atoms with Gasteiger partial charge in [0.15, 0.2) is 0 Å². The van der Waals surface area contributed by atoms with E-state index in [4.69, 9.17) is 4.42 Å². The second-order valence-electron chi connectivity index (χ2n) is 3.66. The van der Waals surface area contributed by atoms with Gasteiger partial charge in [-0.05, 0) is 0 Å². The van der Waals surface area contributed by atoms with Gasteiger partial charge in [-0.15, -0.1) is 0 Å². The predicted molar refractivity (Wildman–Crippen MR) is 54.1 cm³/mol. The molecule has 5 nitrogen and oxygen atoms in total. The summed E-state index contributed by atoms with van der Waals surface area (Å²) in [4.78, 5) is 4.17. The van der Waals surface area contributed by atoms with Gasteiger partial charge in [0.2, 0.25) is 5.89 Å². The number of rotatable bonds is 1. The van der Waals surface area contributed by atoms with Crippen molar-refractivity contribution < 1.29 is 4.42 Å². The number of hydrogen-bond donors (Lipinski definition) is 1. The Labute approximate surface area is 87.1 Å². The summed E-state index contributed by atoms with van der Waals surface area (Å²) < 4.78 is 7.18. The van der Waals surface area contributed by atoms with Crippen LogP contribution in [0.2, 0.25) is 0 Å². The summed E-state index contributed by atoms with van der Waals surface area (Å²) in [5, 5.41) is 7.82. The van der Waals surface area contributed by atoms with E-state index in [2.05, 4.69) is 15.4 Å². The van der Waals surface area contributed by atoms with E-state index in [-0.39, 0.29) is 0 Å². The average molecular weight is 204 g/mol. The molecule has 2 aromatic heterocycles. The van der Waals surface area contributed by atoms with Crippen molar-refractivity contribution >= 4 is 0 Å². The fourth-order valence-corrected chi connectivity index (χ4v) is 2.04. The third-order valence-electron chi connectivity index (χ3n) is 2.70. The van der Waals surface area contributed by atoms with Gasteiger partial charge in [-0.3, -0.25) is 4.68 Å². The molecule has 2 aromatic rings. The van der Waals surface area contributed by atoms with Gasteiger partial charge in [-0.1, -0.05) is 0 Å². The maximum atomic E-state index is 5.33. The fourth-order valence-electron chi connectivity index (χ4n) is 2.04. The molecule has 0 aromatic carbocycles. The van der Waals surface area contributed by atoms with Crippen LogP contribution in [0, 0.1) is 0 Å². The van der Waals surface area contributed by atoms with Crippen LogP contribution in [-0.2, 0) is 20.0 Å². The molecular weight excluding hydrogens is 192 g/mol. The van der Waals surface area contributed by atoms with Crippen LogP contribution in [-0.4, -0.2) is 21.3 Å². The molecule has 0 saturated carbocycles. The van der Waals surface area contributed by atoms with E-state index in [0.29, 0.717) is 5.89 Å². The minimum absolute atomic E-state index is 0.648. The molecule has 0 spiro atoms. The van der Waals surface area contributed by atoms with Crippen LogP contribution in [0.5, 0.6) is 0 Å². The van der Waals surface area contributed by atoms with Crippen molar-refractivity contribution in [3.05, 3.63) is 23.7 Å². The van der Waals surface area contributed by atoms with E-state index < -0.39 is 0 Å². The van der Waals surface area contributed by atoms with Crippen molar-refractivity contribution in [2.75, 3.05) is 6.54 Å². The van der Waals surface area contributed by atoms with Crippen molar-refractivity contribution in [2.24, 2.45) is 7.05 Å². The molecule has 1 N–H and O–H groups in total. The van der Waals surface area contributed by atoms with Crippen molar-refractivity contribution in [3.8, 4) is 11.6 Å². The van der Waals surface area contributed by atoms with E-state index in [1.165, 1.54) is 5.56 Å². The minimum Gasteiger partial charge on any atom is -0.443 e. The third-order valence-corrected chi connectivity index (χ3v) is 2.70. The molecule has 0 aliphatic carbocycles. The zero-order valence-corrected chi connectivity index (χ0v) is 8.53. The lowest BCUT2D eigenvalue weighted by molar-refractivity contribution is 0.563. The van der Waals surface area contributed by atoms with E-state index >= 15 is 0 Å². The number of oxazole rings is 1. The van der Waals surface area contributed by atoms with E-state index in [1.807, 2.05) is 11.7 Å². The lowest BCUT2D eigenvalue weighted by Crippen LogP contribution is -2.23. The Balaban J connectivity index is 2.18. The Kier molecular flexibility index (Phi) is 1.85. The van der Waals surface area contributed by atoms with Gasteiger partial charge >= 0.3 is 0 Å². The highest BCUT2D eigenvalue weighted by molar-refractivity contribution is 5.55. The largest absolute Gasteiger partial charge is 0.443 e. The van der Waals surface area contributed by atoms with Crippen LogP contribution in [0.25, 0.3) is 11.6 Å². The monoisotopic (exact) mass is 204 g/mol. The van der Waals surface area contributed by atoms with Gasteiger partial charge in [0.1, 0.15) is 12.0 Å². The van der Waals surface area contributed by atoms with Crippen molar-refractivity contribution in [2.45, 2.75) is 13.0 Å². The first kappa shape index (κ1) is 8.67. The minimum atomic E-state index is 0.648. The first-order valence-corrected chi connectivity index (χ1v) is 5.01. The lowest BCUT2D eigenvalue weighted by Gasteiger charge is -2.11. The molecular formula is C10H12N4O. The topological polar surface area (TPSA) is 55.9 Å². The van der Waals surface area contributed by atoms with Crippen LogP contribution >= 0.6 is 0 Å². The molecule has 1 aliphatic heterocycles. The van der Waals surface area contributed by atoms with Crippen molar-refractivity contribution in [3.63, 3.8) is 0 Å².